The van der Waals surface area contributed by atoms with Crippen molar-refractivity contribution in [1.82, 2.24) is 5.32 Å². The smallest absolute Gasteiger partial charge is 0.328 e. The Labute approximate surface area is 115 Å². The second-order valence-electron chi connectivity index (χ2n) is 5.28. The van der Waals surface area contributed by atoms with Gasteiger partial charge in [-0.1, -0.05) is 48.2 Å². The van der Waals surface area contributed by atoms with Crippen LogP contribution in [0.1, 0.15) is 18.4 Å². The third kappa shape index (κ3) is 5.38. The van der Waals surface area contributed by atoms with Gasteiger partial charge in [0.2, 0.25) is 0 Å². The summed E-state index contributed by atoms with van der Waals surface area (Å²) >= 11 is 0. The molecule has 0 heterocycles. The Morgan fingerprint density at radius 2 is 2.16 bits per heavy atom. The van der Waals surface area contributed by atoms with Gasteiger partial charge in [0.1, 0.15) is 8.07 Å². The molecule has 0 aliphatic carbocycles. The number of carbonyl (C=O) groups is 1. The van der Waals surface area contributed by atoms with E-state index in [1.54, 1.807) is 0 Å². The van der Waals surface area contributed by atoms with E-state index < -0.39 is 14.2 Å². The Hall–Kier alpha value is -1.42. The van der Waals surface area contributed by atoms with Gasteiger partial charge in [-0.3, -0.25) is 0 Å². The zero-order valence-corrected chi connectivity index (χ0v) is 12.7. The Bertz CT molecular complexity index is 446. The monoisotopic (exact) mass is 279 g/mol. The molecule has 2 nitrogen and oxygen atoms in total. The number of carbonyl (C=O) groups excluding carboxylic acids is 1. The van der Waals surface area contributed by atoms with Crippen molar-refractivity contribution in [3.8, 4) is 0 Å². The van der Waals surface area contributed by atoms with Crippen molar-refractivity contribution < 1.29 is 9.18 Å². The number of halogens is 1. The molecule has 0 unspecified atom stereocenters. The molecule has 0 saturated heterocycles. The van der Waals surface area contributed by atoms with Gasteiger partial charge in [-0.05, 0) is 24.8 Å². The predicted molar refractivity (Wildman–Crippen MR) is 81.2 cm³/mol. The van der Waals surface area contributed by atoms with Gasteiger partial charge < -0.3 is 5.32 Å². The topological polar surface area (TPSA) is 29.1 Å². The first-order valence-electron chi connectivity index (χ1n) is 6.62. The lowest BCUT2D eigenvalue weighted by Gasteiger charge is -2.18. The minimum absolute atomic E-state index is 0.405. The maximum Gasteiger partial charge on any atom is 0.397 e. The Morgan fingerprint density at radius 3 is 2.79 bits per heavy atom. The van der Waals surface area contributed by atoms with E-state index in [4.69, 9.17) is 0 Å². The van der Waals surface area contributed by atoms with Gasteiger partial charge in [-0.2, -0.15) is 0 Å². The molecule has 0 atom stereocenters. The molecule has 1 aromatic carbocycles. The van der Waals surface area contributed by atoms with E-state index in [1.807, 2.05) is 0 Å². The number of benzene rings is 1. The molecule has 0 spiro atoms. The first kappa shape index (κ1) is 15.6. The van der Waals surface area contributed by atoms with E-state index in [9.17, 15) is 9.18 Å². The van der Waals surface area contributed by atoms with E-state index in [0.717, 1.165) is 19.3 Å². The zero-order chi connectivity index (χ0) is 14.3. The molecule has 0 aliphatic rings. The SMILES string of the molecule is C=C[Si](C)(C)c1cccc(CCCCNC(=O)F)c1. The lowest BCUT2D eigenvalue weighted by molar-refractivity contribution is 0.221. The molecular weight excluding hydrogens is 257 g/mol. The number of rotatable bonds is 7. The molecule has 0 radical (unpaired) electrons. The van der Waals surface area contributed by atoms with Crippen LogP contribution < -0.4 is 10.5 Å². The third-order valence-electron chi connectivity index (χ3n) is 3.34. The van der Waals surface area contributed by atoms with E-state index in [-0.39, 0.29) is 0 Å². The molecular formula is C15H22FNOSi. The van der Waals surface area contributed by atoms with Gasteiger partial charge in [-0.25, -0.2) is 4.79 Å². The summed E-state index contributed by atoms with van der Waals surface area (Å²) in [6.07, 6.45) is 1.25. The zero-order valence-electron chi connectivity index (χ0n) is 11.7. The number of nitrogens with one attached hydrogen (secondary N) is 1. The number of hydrogen-bond donors (Lipinski definition) is 1. The van der Waals surface area contributed by atoms with Crippen molar-refractivity contribution in [3.05, 3.63) is 42.1 Å². The summed E-state index contributed by atoms with van der Waals surface area (Å²) in [5, 5.41) is 3.55. The molecule has 0 aliphatic heterocycles. The van der Waals surface area contributed by atoms with E-state index in [2.05, 4.69) is 55.0 Å². The fourth-order valence-corrected chi connectivity index (χ4v) is 3.21. The van der Waals surface area contributed by atoms with Gasteiger partial charge in [0.15, 0.2) is 0 Å². The van der Waals surface area contributed by atoms with Crippen LogP contribution in [-0.4, -0.2) is 20.8 Å². The molecule has 104 valence electrons. The average molecular weight is 279 g/mol. The summed E-state index contributed by atoms with van der Waals surface area (Å²) < 4.78 is 11.9. The Balaban J connectivity index is 2.49. The summed E-state index contributed by atoms with van der Waals surface area (Å²) in [4.78, 5) is 10.1. The normalized spacial score (nSPS) is 11.1. The van der Waals surface area contributed by atoms with Crippen LogP contribution in [0.2, 0.25) is 13.1 Å². The number of amides is 1. The highest BCUT2D eigenvalue weighted by atomic mass is 28.3. The van der Waals surface area contributed by atoms with E-state index >= 15 is 0 Å². The maximum atomic E-state index is 11.9. The predicted octanol–water partition coefficient (Wildman–Crippen LogP) is 3.33. The van der Waals surface area contributed by atoms with Crippen molar-refractivity contribution in [3.63, 3.8) is 0 Å². The highest BCUT2D eigenvalue weighted by Gasteiger charge is 2.18. The molecule has 1 aromatic rings. The molecule has 4 heteroatoms. The first-order chi connectivity index (χ1) is 8.95. The summed E-state index contributed by atoms with van der Waals surface area (Å²) in [7, 11) is -1.50. The molecule has 0 saturated carbocycles. The van der Waals surface area contributed by atoms with Gasteiger partial charge in [0.05, 0.1) is 0 Å². The van der Waals surface area contributed by atoms with Crippen molar-refractivity contribution in [2.75, 3.05) is 6.54 Å². The van der Waals surface area contributed by atoms with Gasteiger partial charge in [0, 0.05) is 6.54 Å². The number of hydrogen-bond acceptors (Lipinski definition) is 1. The van der Waals surface area contributed by atoms with Gasteiger partial charge in [0.25, 0.3) is 0 Å². The van der Waals surface area contributed by atoms with E-state index in [1.165, 1.54) is 10.8 Å². The highest BCUT2D eigenvalue weighted by molar-refractivity contribution is 6.93. The van der Waals surface area contributed by atoms with Crippen LogP contribution in [0.5, 0.6) is 0 Å². The van der Waals surface area contributed by atoms with Crippen LogP contribution in [0.25, 0.3) is 0 Å². The fraction of sp³-hybridized carbons (Fsp3) is 0.400. The van der Waals surface area contributed by atoms with Crippen molar-refractivity contribution >= 4 is 19.4 Å². The van der Waals surface area contributed by atoms with Crippen molar-refractivity contribution in [2.24, 2.45) is 0 Å². The minimum Gasteiger partial charge on any atom is -0.328 e. The Morgan fingerprint density at radius 1 is 1.42 bits per heavy atom. The van der Waals surface area contributed by atoms with E-state index in [0.29, 0.717) is 6.54 Å². The lowest BCUT2D eigenvalue weighted by Crippen LogP contribution is -2.39. The van der Waals surface area contributed by atoms with Crippen LogP contribution in [0, 0.1) is 0 Å². The summed E-state index contributed by atoms with van der Waals surface area (Å²) in [6, 6.07) is 8.62. The second kappa shape index (κ2) is 7.24. The second-order valence-corrected chi connectivity index (χ2v) is 9.71. The van der Waals surface area contributed by atoms with Crippen LogP contribution in [0.4, 0.5) is 9.18 Å². The van der Waals surface area contributed by atoms with Crippen LogP contribution in [0.15, 0.2) is 36.5 Å². The number of unbranched alkanes of at least 4 members (excludes halogenated alkanes) is 1. The molecule has 1 amide bonds. The molecule has 1 N–H and O–H groups in total. The molecule has 1 rings (SSSR count). The van der Waals surface area contributed by atoms with Gasteiger partial charge >= 0.3 is 6.16 Å². The molecule has 0 aromatic heterocycles. The molecule has 0 bridgehead atoms. The lowest BCUT2D eigenvalue weighted by atomic mass is 10.1. The van der Waals surface area contributed by atoms with Gasteiger partial charge in [-0.15, -0.1) is 11.0 Å². The Kier molecular flexibility index (Phi) is 5.95. The standard InChI is InChI=1S/C15H22FNOSi/c1-4-19(2,3)14-10-7-9-13(12-14)8-5-6-11-17-15(16)18/h4,7,9-10,12H,1,5-6,8,11H2,2-3H3,(H,17,18). The average Bonchev–Trinajstić information content (AvgIpc) is 2.38. The number of aryl methyl sites for hydroxylation is 1. The minimum atomic E-state index is -1.50. The first-order valence-corrected chi connectivity index (χ1v) is 9.70. The maximum absolute atomic E-state index is 11.9. The van der Waals surface area contributed by atoms with Crippen LogP contribution in [0.3, 0.4) is 0 Å². The summed E-state index contributed by atoms with van der Waals surface area (Å²) in [5.41, 5.74) is 3.38. The van der Waals surface area contributed by atoms with Crippen LogP contribution in [-0.2, 0) is 6.42 Å². The quantitative estimate of drug-likeness (QED) is 0.353. The largest absolute Gasteiger partial charge is 0.397 e. The third-order valence-corrected chi connectivity index (χ3v) is 6.16. The van der Waals surface area contributed by atoms with Crippen molar-refractivity contribution in [1.29, 1.82) is 0 Å². The summed E-state index contributed by atoms with van der Waals surface area (Å²) in [5.74, 6) is 0. The fourth-order valence-electron chi connectivity index (χ4n) is 1.89. The van der Waals surface area contributed by atoms with Crippen LogP contribution >= 0.6 is 0 Å². The molecule has 19 heavy (non-hydrogen) atoms. The molecule has 0 fully saturated rings. The summed E-state index contributed by atoms with van der Waals surface area (Å²) in [6.45, 7) is 8.88. The van der Waals surface area contributed by atoms with Crippen molar-refractivity contribution in [2.45, 2.75) is 32.4 Å². The highest BCUT2D eigenvalue weighted by Crippen LogP contribution is 2.09.